The van der Waals surface area contributed by atoms with Crippen LogP contribution in [-0.2, 0) is 0 Å². The average Bonchev–Trinajstić information content (AvgIpc) is 2.49. The summed E-state index contributed by atoms with van der Waals surface area (Å²) in [7, 11) is 0. The van der Waals surface area contributed by atoms with Crippen molar-refractivity contribution in [3.8, 4) is 30.1 Å². The van der Waals surface area contributed by atoms with E-state index in [0.717, 1.165) is 11.7 Å². The van der Waals surface area contributed by atoms with Gasteiger partial charge in [-0.3, -0.25) is 0 Å². The molecule has 1 aliphatic rings. The molecule has 1 aromatic rings. The second-order valence-corrected chi connectivity index (χ2v) is 5.55. The molecule has 0 unspecified atom stereocenters. The third-order valence-corrected chi connectivity index (χ3v) is 4.19. The molecular formula is C19H22O. The van der Waals surface area contributed by atoms with Crippen molar-refractivity contribution in [2.75, 3.05) is 0 Å². The zero-order valence-corrected chi connectivity index (χ0v) is 12.2. The SMILES string of the molecule is C#CC#COc1ccc(C2CCC(CCC)CC2)cc1. The minimum Gasteiger partial charge on any atom is -0.407 e. The van der Waals surface area contributed by atoms with Crippen LogP contribution in [0.3, 0.4) is 0 Å². The van der Waals surface area contributed by atoms with E-state index in [9.17, 15) is 0 Å². The van der Waals surface area contributed by atoms with Crippen molar-refractivity contribution < 1.29 is 4.74 Å². The van der Waals surface area contributed by atoms with Crippen molar-refractivity contribution in [1.82, 2.24) is 0 Å². The van der Waals surface area contributed by atoms with Crippen LogP contribution in [0.15, 0.2) is 24.3 Å². The summed E-state index contributed by atoms with van der Waals surface area (Å²) in [4.78, 5) is 0. The van der Waals surface area contributed by atoms with Gasteiger partial charge in [0.1, 0.15) is 11.9 Å². The Bertz CT molecular complexity index is 501. The summed E-state index contributed by atoms with van der Waals surface area (Å²) in [5.74, 6) is 7.11. The van der Waals surface area contributed by atoms with E-state index < -0.39 is 0 Å². The van der Waals surface area contributed by atoms with Gasteiger partial charge in [0.2, 0.25) is 0 Å². The van der Waals surface area contributed by atoms with Gasteiger partial charge in [0.05, 0.1) is 0 Å². The predicted molar refractivity (Wildman–Crippen MR) is 83.3 cm³/mol. The molecule has 1 fully saturated rings. The van der Waals surface area contributed by atoms with E-state index in [1.54, 1.807) is 0 Å². The first-order valence-electron chi connectivity index (χ1n) is 7.56. The highest BCUT2D eigenvalue weighted by Gasteiger charge is 2.21. The Hall–Kier alpha value is -1.86. The molecule has 0 aliphatic heterocycles. The molecule has 0 amide bonds. The lowest BCUT2D eigenvalue weighted by atomic mass is 9.77. The zero-order valence-electron chi connectivity index (χ0n) is 12.2. The van der Waals surface area contributed by atoms with E-state index >= 15 is 0 Å². The number of rotatable bonds is 4. The fraction of sp³-hybridized carbons (Fsp3) is 0.474. The third-order valence-electron chi connectivity index (χ3n) is 4.19. The Balaban J connectivity index is 1.89. The number of hydrogen-bond acceptors (Lipinski definition) is 1. The molecule has 1 nitrogen and oxygen atoms in total. The highest BCUT2D eigenvalue weighted by Crippen LogP contribution is 2.37. The fourth-order valence-corrected chi connectivity index (χ4v) is 3.11. The normalized spacial score (nSPS) is 21.4. The van der Waals surface area contributed by atoms with Gasteiger partial charge in [-0.05, 0) is 61.1 Å². The van der Waals surface area contributed by atoms with Crippen LogP contribution in [0.2, 0.25) is 0 Å². The van der Waals surface area contributed by atoms with Crippen LogP contribution in [0.25, 0.3) is 0 Å². The van der Waals surface area contributed by atoms with Gasteiger partial charge in [0.25, 0.3) is 0 Å². The molecule has 0 heterocycles. The topological polar surface area (TPSA) is 9.23 Å². The zero-order chi connectivity index (χ0) is 14.2. The largest absolute Gasteiger partial charge is 0.407 e. The first-order chi connectivity index (χ1) is 9.83. The van der Waals surface area contributed by atoms with Gasteiger partial charge in [-0.2, -0.15) is 0 Å². The highest BCUT2D eigenvalue weighted by atomic mass is 16.5. The minimum absolute atomic E-state index is 0.717. The van der Waals surface area contributed by atoms with Gasteiger partial charge in [0, 0.05) is 5.92 Å². The van der Waals surface area contributed by atoms with E-state index in [1.807, 2.05) is 12.1 Å². The number of terminal acetylenes is 1. The number of ether oxygens (including phenoxy) is 1. The quantitative estimate of drug-likeness (QED) is 0.716. The first kappa shape index (κ1) is 14.5. The van der Waals surface area contributed by atoms with E-state index in [0.29, 0.717) is 5.92 Å². The third kappa shape index (κ3) is 4.07. The summed E-state index contributed by atoms with van der Waals surface area (Å²) >= 11 is 0. The molecule has 0 saturated heterocycles. The predicted octanol–water partition coefficient (Wildman–Crippen LogP) is 4.73. The molecule has 2 rings (SSSR count). The summed E-state index contributed by atoms with van der Waals surface area (Å²) in [6, 6.07) is 8.30. The molecule has 0 bridgehead atoms. The van der Waals surface area contributed by atoms with E-state index in [-0.39, 0.29) is 0 Å². The molecule has 0 radical (unpaired) electrons. The Labute approximate surface area is 122 Å². The van der Waals surface area contributed by atoms with Crippen molar-refractivity contribution >= 4 is 0 Å². The highest BCUT2D eigenvalue weighted by molar-refractivity contribution is 5.31. The second kappa shape index (κ2) is 7.66. The lowest BCUT2D eigenvalue weighted by molar-refractivity contribution is 0.308. The fourth-order valence-electron chi connectivity index (χ4n) is 3.11. The summed E-state index contributed by atoms with van der Waals surface area (Å²) in [6.45, 7) is 2.29. The minimum atomic E-state index is 0.717. The van der Waals surface area contributed by atoms with Crippen molar-refractivity contribution in [2.24, 2.45) is 5.92 Å². The van der Waals surface area contributed by atoms with E-state index in [4.69, 9.17) is 11.2 Å². The van der Waals surface area contributed by atoms with Gasteiger partial charge in [-0.1, -0.05) is 31.9 Å². The molecule has 1 aromatic carbocycles. The van der Waals surface area contributed by atoms with Gasteiger partial charge in [-0.25, -0.2) is 0 Å². The molecule has 20 heavy (non-hydrogen) atoms. The Morgan fingerprint density at radius 2 is 1.85 bits per heavy atom. The lowest BCUT2D eigenvalue weighted by Gasteiger charge is -2.28. The van der Waals surface area contributed by atoms with Crippen LogP contribution < -0.4 is 4.74 Å². The van der Waals surface area contributed by atoms with Crippen LogP contribution in [-0.4, -0.2) is 0 Å². The van der Waals surface area contributed by atoms with Crippen molar-refractivity contribution in [2.45, 2.75) is 51.4 Å². The van der Waals surface area contributed by atoms with Crippen LogP contribution in [0, 0.1) is 30.3 Å². The smallest absolute Gasteiger partial charge is 0.140 e. The maximum absolute atomic E-state index is 5.23. The average molecular weight is 266 g/mol. The van der Waals surface area contributed by atoms with E-state index in [2.05, 4.69) is 37.0 Å². The maximum Gasteiger partial charge on any atom is 0.140 e. The summed E-state index contributed by atoms with van der Waals surface area (Å²) in [5, 5.41) is 0. The van der Waals surface area contributed by atoms with Crippen LogP contribution >= 0.6 is 0 Å². The molecule has 0 aromatic heterocycles. The van der Waals surface area contributed by atoms with Gasteiger partial charge in [-0.15, -0.1) is 6.42 Å². The van der Waals surface area contributed by atoms with E-state index in [1.165, 1.54) is 44.1 Å². The van der Waals surface area contributed by atoms with Crippen molar-refractivity contribution in [3.05, 3.63) is 29.8 Å². The van der Waals surface area contributed by atoms with Crippen LogP contribution in [0.4, 0.5) is 0 Å². The van der Waals surface area contributed by atoms with Gasteiger partial charge >= 0.3 is 0 Å². The molecule has 1 heteroatoms. The van der Waals surface area contributed by atoms with Gasteiger partial charge in [0.15, 0.2) is 0 Å². The Morgan fingerprint density at radius 1 is 1.15 bits per heavy atom. The standard InChI is InChI=1S/C19H22O/c1-3-5-15-20-19-13-11-18(12-14-19)17-9-7-16(6-4-2)8-10-17/h1,11-14,16-17H,4,6-10H2,2H3. The molecule has 0 N–H and O–H groups in total. The Morgan fingerprint density at radius 3 is 2.45 bits per heavy atom. The molecule has 1 aliphatic carbocycles. The monoisotopic (exact) mass is 266 g/mol. The number of benzene rings is 1. The van der Waals surface area contributed by atoms with Crippen molar-refractivity contribution in [3.63, 3.8) is 0 Å². The molecule has 0 spiro atoms. The molecule has 0 atom stereocenters. The van der Waals surface area contributed by atoms with Gasteiger partial charge < -0.3 is 4.74 Å². The lowest BCUT2D eigenvalue weighted by Crippen LogP contribution is -2.13. The summed E-state index contributed by atoms with van der Waals surface area (Å²) in [6.07, 6.45) is 15.6. The molecule has 1 saturated carbocycles. The number of hydrogen-bond donors (Lipinski definition) is 0. The first-order valence-corrected chi connectivity index (χ1v) is 7.56. The molecular weight excluding hydrogens is 244 g/mol. The Kier molecular flexibility index (Phi) is 5.57. The van der Waals surface area contributed by atoms with Crippen LogP contribution in [0.5, 0.6) is 5.75 Å². The summed E-state index contributed by atoms with van der Waals surface area (Å²) < 4.78 is 5.23. The molecule has 104 valence electrons. The second-order valence-electron chi connectivity index (χ2n) is 5.55. The van der Waals surface area contributed by atoms with Crippen LogP contribution in [0.1, 0.15) is 56.9 Å². The maximum atomic E-state index is 5.23. The summed E-state index contributed by atoms with van der Waals surface area (Å²) in [5.41, 5.74) is 1.43. The van der Waals surface area contributed by atoms with Crippen molar-refractivity contribution in [1.29, 1.82) is 0 Å².